The van der Waals surface area contributed by atoms with E-state index in [4.69, 9.17) is 0 Å². The molecule has 0 saturated heterocycles. The van der Waals surface area contributed by atoms with Crippen molar-refractivity contribution in [2.24, 2.45) is 0 Å². The Morgan fingerprint density at radius 1 is 1.25 bits per heavy atom. The van der Waals surface area contributed by atoms with Crippen molar-refractivity contribution in [3.8, 4) is 0 Å². The number of likely N-dealkylation sites (N-methyl/N-ethyl adjacent to an activating group) is 1. The van der Waals surface area contributed by atoms with E-state index in [1.807, 2.05) is 6.92 Å². The maximum absolute atomic E-state index is 13.0. The summed E-state index contributed by atoms with van der Waals surface area (Å²) in [5.74, 6) is -2.06. The van der Waals surface area contributed by atoms with Crippen LogP contribution in [0.25, 0.3) is 0 Å². The van der Waals surface area contributed by atoms with Crippen LogP contribution in [-0.2, 0) is 6.18 Å². The number of hydrogen-bond donors (Lipinski definition) is 2. The molecule has 0 fully saturated rings. The molecular formula is C12H15ClF4N2O. The van der Waals surface area contributed by atoms with Crippen molar-refractivity contribution in [1.82, 2.24) is 10.6 Å². The summed E-state index contributed by atoms with van der Waals surface area (Å²) >= 11 is 0. The highest BCUT2D eigenvalue weighted by Crippen LogP contribution is 2.31. The van der Waals surface area contributed by atoms with Gasteiger partial charge in [0.05, 0.1) is 5.56 Å². The van der Waals surface area contributed by atoms with Gasteiger partial charge >= 0.3 is 6.18 Å². The number of nitrogens with one attached hydrogen (secondary N) is 2. The van der Waals surface area contributed by atoms with Crippen LogP contribution in [-0.4, -0.2) is 25.5 Å². The number of carbonyl (C=O) groups excluding carboxylic acids is 1. The molecule has 0 heterocycles. The van der Waals surface area contributed by atoms with Gasteiger partial charge in [-0.25, -0.2) is 4.39 Å². The van der Waals surface area contributed by atoms with E-state index in [0.29, 0.717) is 18.7 Å². The Labute approximate surface area is 120 Å². The smallest absolute Gasteiger partial charge is 0.351 e. The highest BCUT2D eigenvalue weighted by Gasteiger charge is 2.34. The van der Waals surface area contributed by atoms with Crippen LogP contribution >= 0.6 is 12.4 Å². The molecule has 0 aliphatic heterocycles. The fourth-order valence-electron chi connectivity index (χ4n) is 1.43. The average Bonchev–Trinajstić information content (AvgIpc) is 2.33. The van der Waals surface area contributed by atoms with Crippen LogP contribution in [0.4, 0.5) is 17.6 Å². The van der Waals surface area contributed by atoms with Crippen LogP contribution < -0.4 is 10.6 Å². The molecular weight excluding hydrogens is 300 g/mol. The largest absolute Gasteiger partial charge is 0.419 e. The van der Waals surface area contributed by atoms with Crippen molar-refractivity contribution in [2.75, 3.05) is 19.6 Å². The Morgan fingerprint density at radius 2 is 1.90 bits per heavy atom. The number of halogens is 5. The van der Waals surface area contributed by atoms with Crippen molar-refractivity contribution < 1.29 is 22.4 Å². The molecule has 0 aliphatic rings. The van der Waals surface area contributed by atoms with Gasteiger partial charge in [-0.15, -0.1) is 12.4 Å². The van der Waals surface area contributed by atoms with E-state index < -0.39 is 23.5 Å². The maximum atomic E-state index is 13.0. The van der Waals surface area contributed by atoms with Crippen molar-refractivity contribution in [3.05, 3.63) is 35.1 Å². The van der Waals surface area contributed by atoms with Gasteiger partial charge in [-0.3, -0.25) is 4.79 Å². The summed E-state index contributed by atoms with van der Waals surface area (Å²) in [6.45, 7) is 3.41. The summed E-state index contributed by atoms with van der Waals surface area (Å²) in [7, 11) is 0. The van der Waals surface area contributed by atoms with Crippen LogP contribution in [0, 0.1) is 5.82 Å². The predicted octanol–water partition coefficient (Wildman–Crippen LogP) is 2.61. The van der Waals surface area contributed by atoms with E-state index in [2.05, 4.69) is 10.6 Å². The van der Waals surface area contributed by atoms with Crippen molar-refractivity contribution in [2.45, 2.75) is 13.1 Å². The molecule has 0 aromatic heterocycles. The van der Waals surface area contributed by atoms with Gasteiger partial charge in [-0.05, 0) is 24.7 Å². The zero-order valence-electron chi connectivity index (χ0n) is 10.7. The third kappa shape index (κ3) is 5.34. The zero-order valence-corrected chi connectivity index (χ0v) is 11.5. The second-order valence-electron chi connectivity index (χ2n) is 3.80. The normalized spacial score (nSPS) is 10.8. The molecule has 0 aliphatic carbocycles. The van der Waals surface area contributed by atoms with E-state index in [-0.39, 0.29) is 24.5 Å². The minimum absolute atomic E-state index is 0. The fraction of sp³-hybridized carbons (Fsp3) is 0.417. The number of rotatable bonds is 5. The molecule has 0 bridgehead atoms. The number of carbonyl (C=O) groups is 1. The zero-order chi connectivity index (χ0) is 14.5. The lowest BCUT2D eigenvalue weighted by atomic mass is 10.1. The molecule has 0 saturated carbocycles. The molecule has 1 aromatic carbocycles. The van der Waals surface area contributed by atoms with Crippen LogP contribution in [0.5, 0.6) is 0 Å². The number of alkyl halides is 3. The quantitative estimate of drug-likeness (QED) is 0.648. The number of benzene rings is 1. The highest BCUT2D eigenvalue weighted by molar-refractivity contribution is 5.94. The molecule has 0 atom stereocenters. The third-order valence-electron chi connectivity index (χ3n) is 2.37. The molecule has 20 heavy (non-hydrogen) atoms. The van der Waals surface area contributed by atoms with Crippen LogP contribution in [0.15, 0.2) is 18.2 Å². The van der Waals surface area contributed by atoms with E-state index in [1.54, 1.807) is 0 Å². The minimum Gasteiger partial charge on any atom is -0.351 e. The second kappa shape index (κ2) is 8.06. The minimum atomic E-state index is -4.82. The van der Waals surface area contributed by atoms with Crippen molar-refractivity contribution in [3.63, 3.8) is 0 Å². The van der Waals surface area contributed by atoms with E-state index >= 15 is 0 Å². The molecule has 3 nitrogen and oxygen atoms in total. The first-order valence-electron chi connectivity index (χ1n) is 5.72. The molecule has 2 N–H and O–H groups in total. The Balaban J connectivity index is 0.00000361. The third-order valence-corrected chi connectivity index (χ3v) is 2.37. The maximum Gasteiger partial charge on any atom is 0.419 e. The Kier molecular flexibility index (Phi) is 7.52. The molecule has 0 unspecified atom stereocenters. The lowest BCUT2D eigenvalue weighted by Gasteiger charge is -2.10. The lowest BCUT2D eigenvalue weighted by Crippen LogP contribution is -2.31. The van der Waals surface area contributed by atoms with Gasteiger partial charge in [0, 0.05) is 18.7 Å². The summed E-state index contributed by atoms with van der Waals surface area (Å²) in [5.41, 5.74) is -1.66. The van der Waals surface area contributed by atoms with Crippen molar-refractivity contribution in [1.29, 1.82) is 0 Å². The molecule has 114 valence electrons. The predicted molar refractivity (Wildman–Crippen MR) is 69.5 cm³/mol. The van der Waals surface area contributed by atoms with Gasteiger partial charge in [0.15, 0.2) is 0 Å². The SMILES string of the molecule is CCNCCNC(=O)c1ccc(F)c(C(F)(F)F)c1.Cl. The van der Waals surface area contributed by atoms with Gasteiger partial charge in [0.1, 0.15) is 5.82 Å². The van der Waals surface area contributed by atoms with Gasteiger partial charge in [0.2, 0.25) is 0 Å². The van der Waals surface area contributed by atoms with E-state index in [0.717, 1.165) is 12.6 Å². The molecule has 0 radical (unpaired) electrons. The summed E-state index contributed by atoms with van der Waals surface area (Å²) in [4.78, 5) is 11.6. The van der Waals surface area contributed by atoms with Gasteiger partial charge in [-0.1, -0.05) is 6.92 Å². The van der Waals surface area contributed by atoms with Crippen LogP contribution in [0.3, 0.4) is 0 Å². The van der Waals surface area contributed by atoms with Gasteiger partial charge < -0.3 is 10.6 Å². The molecule has 8 heteroatoms. The Morgan fingerprint density at radius 3 is 2.45 bits per heavy atom. The molecule has 1 rings (SSSR count). The summed E-state index contributed by atoms with van der Waals surface area (Å²) < 4.78 is 50.4. The highest BCUT2D eigenvalue weighted by atomic mass is 35.5. The average molecular weight is 315 g/mol. The van der Waals surface area contributed by atoms with Gasteiger partial charge in [0.25, 0.3) is 5.91 Å². The molecule has 1 amide bonds. The first kappa shape index (κ1) is 18.7. The van der Waals surface area contributed by atoms with E-state index in [9.17, 15) is 22.4 Å². The number of amides is 1. The van der Waals surface area contributed by atoms with Crippen LogP contribution in [0.2, 0.25) is 0 Å². The first-order chi connectivity index (χ1) is 8.86. The fourth-order valence-corrected chi connectivity index (χ4v) is 1.43. The Bertz CT molecular complexity index is 452. The summed E-state index contributed by atoms with van der Waals surface area (Å²) in [6.07, 6.45) is -4.82. The molecule has 0 spiro atoms. The second-order valence-corrected chi connectivity index (χ2v) is 3.80. The lowest BCUT2D eigenvalue weighted by molar-refractivity contribution is -0.140. The molecule has 1 aromatic rings. The van der Waals surface area contributed by atoms with E-state index in [1.165, 1.54) is 0 Å². The monoisotopic (exact) mass is 314 g/mol. The summed E-state index contributed by atoms with van der Waals surface area (Å²) in [5, 5.41) is 5.39. The first-order valence-corrected chi connectivity index (χ1v) is 5.72. The standard InChI is InChI=1S/C12H14F4N2O.ClH/c1-2-17-5-6-18-11(19)8-3-4-10(13)9(7-8)12(14,15)16;/h3-4,7,17H,2,5-6H2,1H3,(H,18,19);1H. The Hall–Kier alpha value is -1.34. The van der Waals surface area contributed by atoms with Gasteiger partial charge in [-0.2, -0.15) is 13.2 Å². The topological polar surface area (TPSA) is 41.1 Å². The van der Waals surface area contributed by atoms with Crippen molar-refractivity contribution >= 4 is 18.3 Å². The van der Waals surface area contributed by atoms with Crippen LogP contribution in [0.1, 0.15) is 22.8 Å². The summed E-state index contributed by atoms with van der Waals surface area (Å²) in [6, 6.07) is 2.17. The number of hydrogen-bond acceptors (Lipinski definition) is 2.